The lowest BCUT2D eigenvalue weighted by Gasteiger charge is -2.07. The quantitative estimate of drug-likeness (QED) is 0.776. The second kappa shape index (κ2) is 8.07. The van der Waals surface area contributed by atoms with E-state index in [0.29, 0.717) is 13.0 Å². The number of nitrogens with two attached hydrogens (primary N) is 2. The zero-order valence-corrected chi connectivity index (χ0v) is 13.1. The van der Waals surface area contributed by atoms with Crippen LogP contribution in [-0.4, -0.2) is 29.1 Å². The minimum Gasteiger partial charge on any atom is -0.496 e. The molecule has 0 fully saturated rings. The number of rotatable bonds is 8. The average Bonchev–Trinajstić information content (AvgIpc) is 2.94. The molecule has 21 heavy (non-hydrogen) atoms. The second-order valence-corrected chi connectivity index (χ2v) is 5.81. The Hall–Kier alpha value is -1.50. The molecule has 0 aliphatic carbocycles. The first kappa shape index (κ1) is 15.9. The van der Waals surface area contributed by atoms with E-state index in [0.717, 1.165) is 41.4 Å². The van der Waals surface area contributed by atoms with Crippen LogP contribution in [-0.2, 0) is 12.8 Å². The van der Waals surface area contributed by atoms with Crippen LogP contribution in [0.1, 0.15) is 29.2 Å². The zero-order valence-electron chi connectivity index (χ0n) is 12.3. The van der Waals surface area contributed by atoms with Crippen molar-refractivity contribution in [1.29, 1.82) is 0 Å². The Morgan fingerprint density at radius 3 is 2.86 bits per heavy atom. The monoisotopic (exact) mass is 306 g/mol. The van der Waals surface area contributed by atoms with Gasteiger partial charge in [-0.1, -0.05) is 18.2 Å². The van der Waals surface area contributed by atoms with E-state index in [-0.39, 0.29) is 6.04 Å². The minimum atomic E-state index is 0.150. The lowest BCUT2D eigenvalue weighted by Crippen LogP contribution is -2.24. The number of aryl methyl sites for hydroxylation is 1. The first-order valence-corrected chi connectivity index (χ1v) is 7.89. The molecule has 2 aromatic rings. The molecule has 4 N–H and O–H groups in total. The van der Waals surface area contributed by atoms with Gasteiger partial charge in [-0.3, -0.25) is 0 Å². The van der Waals surface area contributed by atoms with Gasteiger partial charge in [0.25, 0.3) is 0 Å². The minimum absolute atomic E-state index is 0.150. The van der Waals surface area contributed by atoms with Crippen molar-refractivity contribution in [2.24, 2.45) is 11.5 Å². The van der Waals surface area contributed by atoms with Crippen molar-refractivity contribution in [1.82, 2.24) is 9.36 Å². The standard InChI is InChI=1S/C15H22N4OS/c1-20-13-5-3-2-4-11(13)10-14-18-15(21-19-14)7-6-12(17)8-9-16/h2-5,12H,6-10,16-17H2,1H3. The van der Waals surface area contributed by atoms with Gasteiger partial charge in [0.1, 0.15) is 16.6 Å². The van der Waals surface area contributed by atoms with Crippen LogP contribution in [0.5, 0.6) is 5.75 Å². The van der Waals surface area contributed by atoms with Crippen LogP contribution in [0.3, 0.4) is 0 Å². The van der Waals surface area contributed by atoms with Crippen molar-refractivity contribution in [3.05, 3.63) is 40.7 Å². The number of aromatic nitrogens is 2. The van der Waals surface area contributed by atoms with Crippen molar-refractivity contribution >= 4 is 11.5 Å². The van der Waals surface area contributed by atoms with E-state index < -0.39 is 0 Å². The summed E-state index contributed by atoms with van der Waals surface area (Å²) < 4.78 is 9.77. The summed E-state index contributed by atoms with van der Waals surface area (Å²) in [5, 5.41) is 1.03. The highest BCUT2D eigenvalue weighted by molar-refractivity contribution is 7.05. The molecule has 1 aromatic heterocycles. The van der Waals surface area contributed by atoms with Crippen molar-refractivity contribution in [2.75, 3.05) is 13.7 Å². The lowest BCUT2D eigenvalue weighted by molar-refractivity contribution is 0.410. The van der Waals surface area contributed by atoms with E-state index in [1.807, 2.05) is 24.3 Å². The molecule has 0 aliphatic rings. The number of nitrogens with zero attached hydrogens (tertiary/aromatic N) is 2. The molecule has 0 saturated carbocycles. The molecule has 114 valence electrons. The number of methoxy groups -OCH3 is 1. The van der Waals surface area contributed by atoms with Gasteiger partial charge in [0, 0.05) is 24.4 Å². The van der Waals surface area contributed by atoms with Crippen molar-refractivity contribution in [3.8, 4) is 5.75 Å². The fourth-order valence-electron chi connectivity index (χ4n) is 2.15. The fourth-order valence-corrected chi connectivity index (χ4v) is 2.82. The largest absolute Gasteiger partial charge is 0.496 e. The molecule has 1 atom stereocenters. The molecule has 0 aliphatic heterocycles. The summed E-state index contributed by atoms with van der Waals surface area (Å²) in [6.07, 6.45) is 3.31. The van der Waals surface area contributed by atoms with Crippen molar-refractivity contribution in [3.63, 3.8) is 0 Å². The van der Waals surface area contributed by atoms with Crippen LogP contribution in [0, 0.1) is 0 Å². The molecule has 1 unspecified atom stereocenters. The highest BCUT2D eigenvalue weighted by atomic mass is 32.1. The SMILES string of the molecule is COc1ccccc1Cc1nsc(CCC(N)CCN)n1. The highest BCUT2D eigenvalue weighted by Crippen LogP contribution is 2.20. The molecule has 1 aromatic carbocycles. The summed E-state index contributed by atoms with van der Waals surface area (Å²) in [5.41, 5.74) is 12.6. The average molecular weight is 306 g/mol. The van der Waals surface area contributed by atoms with Gasteiger partial charge in [-0.05, 0) is 37.0 Å². The Morgan fingerprint density at radius 1 is 1.29 bits per heavy atom. The first-order valence-electron chi connectivity index (χ1n) is 7.12. The van der Waals surface area contributed by atoms with E-state index >= 15 is 0 Å². The van der Waals surface area contributed by atoms with E-state index in [1.165, 1.54) is 11.5 Å². The predicted molar refractivity (Wildman–Crippen MR) is 85.7 cm³/mol. The Kier molecular flexibility index (Phi) is 6.10. The van der Waals surface area contributed by atoms with Crippen LogP contribution in [0.25, 0.3) is 0 Å². The van der Waals surface area contributed by atoms with Crippen LogP contribution in [0.2, 0.25) is 0 Å². The van der Waals surface area contributed by atoms with Crippen LogP contribution in [0.15, 0.2) is 24.3 Å². The van der Waals surface area contributed by atoms with Gasteiger partial charge in [-0.25, -0.2) is 4.98 Å². The molecule has 2 rings (SSSR count). The molecule has 5 nitrogen and oxygen atoms in total. The van der Waals surface area contributed by atoms with E-state index in [4.69, 9.17) is 16.2 Å². The molecule has 0 radical (unpaired) electrons. The maximum absolute atomic E-state index is 5.96. The third-order valence-corrected chi connectivity index (χ3v) is 4.13. The number of ether oxygens (including phenoxy) is 1. The van der Waals surface area contributed by atoms with Gasteiger partial charge < -0.3 is 16.2 Å². The van der Waals surface area contributed by atoms with Gasteiger partial charge in [-0.2, -0.15) is 4.37 Å². The third kappa shape index (κ3) is 4.77. The molecule has 6 heteroatoms. The summed E-state index contributed by atoms with van der Waals surface area (Å²) >= 11 is 1.45. The van der Waals surface area contributed by atoms with Crippen LogP contribution in [0.4, 0.5) is 0 Å². The van der Waals surface area contributed by atoms with Gasteiger partial charge >= 0.3 is 0 Å². The Labute approximate surface area is 129 Å². The normalized spacial score (nSPS) is 12.3. The summed E-state index contributed by atoms with van der Waals surface area (Å²) in [6, 6.07) is 8.10. The Balaban J connectivity index is 1.94. The maximum atomic E-state index is 5.96. The number of hydrogen-bond acceptors (Lipinski definition) is 6. The Morgan fingerprint density at radius 2 is 2.10 bits per heavy atom. The smallest absolute Gasteiger partial charge is 0.147 e. The van der Waals surface area contributed by atoms with E-state index in [2.05, 4.69) is 9.36 Å². The molecule has 0 spiro atoms. The highest BCUT2D eigenvalue weighted by Gasteiger charge is 2.10. The lowest BCUT2D eigenvalue weighted by atomic mass is 10.1. The molecule has 1 heterocycles. The van der Waals surface area contributed by atoms with Gasteiger partial charge in [0.05, 0.1) is 7.11 Å². The van der Waals surface area contributed by atoms with Crippen molar-refractivity contribution in [2.45, 2.75) is 31.7 Å². The van der Waals surface area contributed by atoms with Gasteiger partial charge in [-0.15, -0.1) is 0 Å². The van der Waals surface area contributed by atoms with Crippen LogP contribution >= 0.6 is 11.5 Å². The van der Waals surface area contributed by atoms with E-state index in [9.17, 15) is 0 Å². The molecule has 0 amide bonds. The molecular formula is C15H22N4OS. The molecular weight excluding hydrogens is 284 g/mol. The summed E-state index contributed by atoms with van der Waals surface area (Å²) in [5.74, 6) is 1.71. The van der Waals surface area contributed by atoms with Crippen molar-refractivity contribution < 1.29 is 4.74 Å². The third-order valence-electron chi connectivity index (χ3n) is 3.32. The van der Waals surface area contributed by atoms with Gasteiger partial charge in [0.15, 0.2) is 0 Å². The summed E-state index contributed by atoms with van der Waals surface area (Å²) in [7, 11) is 1.68. The molecule has 0 bridgehead atoms. The maximum Gasteiger partial charge on any atom is 0.147 e. The number of hydrogen-bond donors (Lipinski definition) is 2. The summed E-state index contributed by atoms with van der Waals surface area (Å²) in [4.78, 5) is 4.58. The Bertz CT molecular complexity index is 558. The number of para-hydroxylation sites is 1. The summed E-state index contributed by atoms with van der Waals surface area (Å²) in [6.45, 7) is 0.635. The van der Waals surface area contributed by atoms with E-state index in [1.54, 1.807) is 7.11 Å². The first-order chi connectivity index (χ1) is 10.2. The topological polar surface area (TPSA) is 87.0 Å². The molecule has 0 saturated heterocycles. The zero-order chi connectivity index (χ0) is 15.1. The van der Waals surface area contributed by atoms with Gasteiger partial charge in [0.2, 0.25) is 0 Å². The second-order valence-electron chi connectivity index (χ2n) is 4.97. The fraction of sp³-hybridized carbons (Fsp3) is 0.467. The number of benzene rings is 1. The van der Waals surface area contributed by atoms with Crippen LogP contribution < -0.4 is 16.2 Å². The predicted octanol–water partition coefficient (Wildman–Crippen LogP) is 1.75.